The first-order chi connectivity index (χ1) is 32.5. The third kappa shape index (κ3) is 6.43. The average Bonchev–Trinajstić information content (AvgIpc) is 4.15. The molecule has 13 rings (SSSR count). The van der Waals surface area contributed by atoms with Crippen LogP contribution in [0.1, 0.15) is 106 Å². The Bertz CT molecular complexity index is 3240. The van der Waals surface area contributed by atoms with Crippen molar-refractivity contribution in [1.82, 2.24) is 4.57 Å². The molecule has 3 unspecified atom stereocenters. The van der Waals surface area contributed by atoms with E-state index in [1.807, 2.05) is 0 Å². The number of rotatable bonds is 8. The van der Waals surface area contributed by atoms with Crippen LogP contribution >= 0.6 is 0 Å². The Balaban J connectivity index is 1.01. The highest BCUT2D eigenvalue weighted by Crippen LogP contribution is 2.58. The molecule has 66 heavy (non-hydrogen) atoms. The molecular weight excluding hydrogens is 797 g/mol. The highest BCUT2D eigenvalue weighted by Gasteiger charge is 2.42. The third-order valence-corrected chi connectivity index (χ3v) is 16.6. The molecule has 4 aliphatic carbocycles. The zero-order valence-corrected chi connectivity index (χ0v) is 38.4. The van der Waals surface area contributed by atoms with Crippen LogP contribution in [0.4, 0.5) is 17.1 Å². The lowest BCUT2D eigenvalue weighted by Crippen LogP contribution is -2.18. The number of hydrogen-bond donors (Lipinski definition) is 0. The summed E-state index contributed by atoms with van der Waals surface area (Å²) in [6, 6.07) is 69.4. The maximum absolute atomic E-state index is 2.56. The lowest BCUT2D eigenvalue weighted by atomic mass is 9.80. The molecule has 324 valence electrons. The summed E-state index contributed by atoms with van der Waals surface area (Å²) in [6.45, 7) is 4.96. The predicted molar refractivity (Wildman–Crippen MR) is 278 cm³/mol. The topological polar surface area (TPSA) is 8.17 Å². The Morgan fingerprint density at radius 2 is 1.15 bits per heavy atom. The van der Waals surface area contributed by atoms with E-state index in [2.05, 4.69) is 205 Å². The average molecular weight is 855 g/mol. The van der Waals surface area contributed by atoms with Gasteiger partial charge in [0.25, 0.3) is 0 Å². The van der Waals surface area contributed by atoms with Gasteiger partial charge in [-0.3, -0.25) is 0 Å². The quantitative estimate of drug-likeness (QED) is 0.148. The van der Waals surface area contributed by atoms with E-state index in [1.165, 1.54) is 158 Å². The number of benzene rings is 8. The van der Waals surface area contributed by atoms with E-state index in [1.54, 1.807) is 0 Å². The molecule has 9 aromatic rings. The highest BCUT2D eigenvalue weighted by atomic mass is 15.1. The van der Waals surface area contributed by atoms with E-state index in [0.29, 0.717) is 11.8 Å². The first-order valence-electron chi connectivity index (χ1n) is 24.9. The number of fused-ring (bicyclic) bond motifs is 9. The molecular formula is C64H58N2. The van der Waals surface area contributed by atoms with Crippen LogP contribution in [-0.4, -0.2) is 4.57 Å². The molecule has 0 radical (unpaired) electrons. The van der Waals surface area contributed by atoms with Gasteiger partial charge < -0.3 is 9.47 Å². The second-order valence-corrected chi connectivity index (χ2v) is 20.7. The van der Waals surface area contributed by atoms with Crippen molar-refractivity contribution < 1.29 is 0 Å². The fraction of sp³-hybridized carbons (Fsp3) is 0.250. The molecule has 3 atom stereocenters. The molecule has 0 aliphatic heterocycles. The van der Waals surface area contributed by atoms with E-state index in [9.17, 15) is 0 Å². The van der Waals surface area contributed by atoms with Gasteiger partial charge in [-0.15, -0.1) is 0 Å². The smallest absolute Gasteiger partial charge is 0.0588 e. The molecule has 8 aromatic carbocycles. The Labute approximate surface area is 390 Å². The van der Waals surface area contributed by atoms with Crippen molar-refractivity contribution in [3.63, 3.8) is 0 Å². The molecule has 1 aromatic heterocycles. The van der Waals surface area contributed by atoms with Gasteiger partial charge in [-0.1, -0.05) is 155 Å². The van der Waals surface area contributed by atoms with Gasteiger partial charge in [-0.05, 0) is 178 Å². The van der Waals surface area contributed by atoms with Gasteiger partial charge in [0.15, 0.2) is 0 Å². The molecule has 0 N–H and O–H groups in total. The van der Waals surface area contributed by atoms with Crippen LogP contribution < -0.4 is 4.90 Å². The predicted octanol–water partition coefficient (Wildman–Crippen LogP) is 17.8. The lowest BCUT2D eigenvalue weighted by molar-refractivity contribution is 0.420. The van der Waals surface area contributed by atoms with Crippen LogP contribution in [0, 0.1) is 11.8 Å². The molecule has 2 bridgehead atoms. The first kappa shape index (κ1) is 39.7. The van der Waals surface area contributed by atoms with Crippen LogP contribution in [-0.2, 0) is 5.41 Å². The first-order valence-corrected chi connectivity index (χ1v) is 24.9. The summed E-state index contributed by atoms with van der Waals surface area (Å²) in [5, 5.41) is 2.57. The highest BCUT2D eigenvalue weighted by molar-refractivity contribution is 6.17. The number of aromatic nitrogens is 1. The van der Waals surface area contributed by atoms with E-state index in [0.717, 1.165) is 11.8 Å². The van der Waals surface area contributed by atoms with Crippen molar-refractivity contribution in [3.8, 4) is 39.1 Å². The maximum Gasteiger partial charge on any atom is 0.0588 e. The van der Waals surface area contributed by atoms with Crippen molar-refractivity contribution in [3.05, 3.63) is 204 Å². The SMILES string of the molecule is CC1(C)c2cc(N(c3ccc(C4CCCCC4)cc3)c3ccc(C4CC5CCC4C5)cc3)ccc2-c2c(-c3ccccc3)cc3c4cc(-c5ccccc5)ccc4n(-c4ccccc4)c3c21. The van der Waals surface area contributed by atoms with Gasteiger partial charge in [-0.2, -0.15) is 0 Å². The molecule has 0 spiro atoms. The number of para-hydroxylation sites is 1. The molecule has 3 saturated carbocycles. The third-order valence-electron chi connectivity index (χ3n) is 16.6. The van der Waals surface area contributed by atoms with Gasteiger partial charge in [0.2, 0.25) is 0 Å². The summed E-state index contributed by atoms with van der Waals surface area (Å²) in [4.78, 5) is 2.54. The summed E-state index contributed by atoms with van der Waals surface area (Å²) in [5.41, 5.74) is 20.5. The van der Waals surface area contributed by atoms with Crippen LogP contribution in [0.2, 0.25) is 0 Å². The number of hydrogen-bond acceptors (Lipinski definition) is 1. The van der Waals surface area contributed by atoms with Gasteiger partial charge in [0.1, 0.15) is 0 Å². The maximum atomic E-state index is 2.56. The molecule has 0 saturated heterocycles. The Hall–Kier alpha value is -6.64. The van der Waals surface area contributed by atoms with E-state index in [-0.39, 0.29) is 5.41 Å². The second-order valence-electron chi connectivity index (χ2n) is 20.7. The number of anilines is 3. The zero-order valence-electron chi connectivity index (χ0n) is 38.4. The largest absolute Gasteiger partial charge is 0.310 e. The number of nitrogens with zero attached hydrogens (tertiary/aromatic N) is 2. The summed E-state index contributed by atoms with van der Waals surface area (Å²) in [6.07, 6.45) is 12.3. The van der Waals surface area contributed by atoms with E-state index < -0.39 is 0 Å². The van der Waals surface area contributed by atoms with Crippen LogP contribution in [0.15, 0.2) is 182 Å². The molecule has 1 heterocycles. The standard InChI is InChI=1S/C64H58N2/c1-64(2)59-40-53(65(51-30-25-45(26-31-51)43-15-7-3-8-16-43)52-32-27-47(28-33-52)55-38-42-23-24-49(55)37-42)34-35-54(59)61-56(46-19-11-5-12-20-46)41-58-57-39-48(44-17-9-4-10-18-44)29-36-60(57)66(63(58)62(61)64)50-21-13-6-14-22-50/h4-6,9-14,17-22,25-36,39-43,49,55H,3,7-8,15-16,23-24,37-38H2,1-2H3. The van der Waals surface area contributed by atoms with E-state index in [4.69, 9.17) is 0 Å². The van der Waals surface area contributed by atoms with Crippen molar-refractivity contribution in [2.24, 2.45) is 11.8 Å². The lowest BCUT2D eigenvalue weighted by Gasteiger charge is -2.30. The molecule has 3 fully saturated rings. The minimum absolute atomic E-state index is 0.324. The van der Waals surface area contributed by atoms with Gasteiger partial charge in [0.05, 0.1) is 11.0 Å². The normalized spacial score (nSPS) is 19.6. The van der Waals surface area contributed by atoms with Crippen molar-refractivity contribution in [2.75, 3.05) is 4.90 Å². The fourth-order valence-electron chi connectivity index (χ4n) is 13.4. The minimum atomic E-state index is -0.324. The van der Waals surface area contributed by atoms with Crippen LogP contribution in [0.5, 0.6) is 0 Å². The van der Waals surface area contributed by atoms with Crippen molar-refractivity contribution >= 4 is 38.9 Å². The molecule has 0 amide bonds. The minimum Gasteiger partial charge on any atom is -0.310 e. The summed E-state index contributed by atoms with van der Waals surface area (Å²) in [5.74, 6) is 3.19. The monoisotopic (exact) mass is 854 g/mol. The van der Waals surface area contributed by atoms with Gasteiger partial charge in [0, 0.05) is 38.9 Å². The van der Waals surface area contributed by atoms with Crippen LogP contribution in [0.25, 0.3) is 60.9 Å². The summed E-state index contributed by atoms with van der Waals surface area (Å²) >= 11 is 0. The Morgan fingerprint density at radius 1 is 0.500 bits per heavy atom. The van der Waals surface area contributed by atoms with Crippen molar-refractivity contribution in [1.29, 1.82) is 0 Å². The Morgan fingerprint density at radius 3 is 1.82 bits per heavy atom. The van der Waals surface area contributed by atoms with E-state index >= 15 is 0 Å². The van der Waals surface area contributed by atoms with Gasteiger partial charge in [-0.25, -0.2) is 0 Å². The zero-order chi connectivity index (χ0) is 43.9. The van der Waals surface area contributed by atoms with Crippen molar-refractivity contribution in [2.45, 2.75) is 88.9 Å². The molecule has 4 aliphatic rings. The van der Waals surface area contributed by atoms with Crippen LogP contribution in [0.3, 0.4) is 0 Å². The Kier molecular flexibility index (Phi) is 9.48. The van der Waals surface area contributed by atoms with Gasteiger partial charge >= 0.3 is 0 Å². The fourth-order valence-corrected chi connectivity index (χ4v) is 13.4. The second kappa shape index (κ2) is 15.8. The summed E-state index contributed by atoms with van der Waals surface area (Å²) in [7, 11) is 0. The molecule has 2 heteroatoms. The summed E-state index contributed by atoms with van der Waals surface area (Å²) < 4.78 is 2.56. The molecule has 2 nitrogen and oxygen atoms in total.